The molecule has 1 aliphatic heterocycles. The van der Waals surface area contributed by atoms with Crippen LogP contribution in [0.2, 0.25) is 0 Å². The molecule has 3 aromatic heterocycles. The lowest BCUT2D eigenvalue weighted by molar-refractivity contribution is -0.119. The van der Waals surface area contributed by atoms with Crippen LogP contribution in [-0.4, -0.2) is 51.2 Å². The van der Waals surface area contributed by atoms with Crippen LogP contribution in [0.4, 0.5) is 6.01 Å². The van der Waals surface area contributed by atoms with Crippen LogP contribution in [0.15, 0.2) is 32.2 Å². The molecule has 1 atom stereocenters. The fraction of sp³-hybridized carbons (Fsp3) is 0.375. The third-order valence-corrected chi connectivity index (χ3v) is 7.72. The minimum absolute atomic E-state index is 0.0841. The van der Waals surface area contributed by atoms with E-state index in [-0.39, 0.29) is 16.1 Å². The highest BCUT2D eigenvalue weighted by Crippen LogP contribution is 2.29. The normalized spacial score (nSPS) is 17.9. The Morgan fingerprint density at radius 1 is 1.39 bits per heavy atom. The fourth-order valence-electron chi connectivity index (χ4n) is 3.19. The van der Waals surface area contributed by atoms with Crippen molar-refractivity contribution in [2.24, 2.45) is 7.05 Å². The fourth-order valence-corrected chi connectivity index (χ4v) is 5.97. The molecule has 1 N–H and O–H groups in total. The molecule has 4 heterocycles. The van der Waals surface area contributed by atoms with Crippen LogP contribution < -0.4 is 5.32 Å². The molecule has 0 bridgehead atoms. The Labute approximate surface area is 165 Å². The zero-order valence-electron chi connectivity index (χ0n) is 15.2. The summed E-state index contributed by atoms with van der Waals surface area (Å²) in [5.41, 5.74) is 1.41. The molecule has 12 heteroatoms. The minimum atomic E-state index is -3.71. The Bertz CT molecular complexity index is 1100. The number of aryl methyl sites for hydroxylation is 2. The van der Waals surface area contributed by atoms with E-state index in [4.69, 9.17) is 4.42 Å². The number of aromatic nitrogens is 4. The number of sulfonamides is 1. The highest BCUT2D eigenvalue weighted by atomic mass is 32.2. The summed E-state index contributed by atoms with van der Waals surface area (Å²) in [4.78, 5) is 12.7. The SMILES string of the molecule is Cc1cc(-c2nnc(NC(=O)[C@@H]3CCCN3S(=O)(=O)c3cccs3)o2)n(C)n1. The van der Waals surface area contributed by atoms with E-state index in [2.05, 4.69) is 20.6 Å². The van der Waals surface area contributed by atoms with E-state index >= 15 is 0 Å². The largest absolute Gasteiger partial charge is 0.401 e. The summed E-state index contributed by atoms with van der Waals surface area (Å²) in [6.45, 7) is 2.13. The first-order chi connectivity index (χ1) is 13.4. The molecule has 1 fully saturated rings. The van der Waals surface area contributed by atoms with Crippen molar-refractivity contribution in [3.8, 4) is 11.6 Å². The van der Waals surface area contributed by atoms with Crippen molar-refractivity contribution in [2.45, 2.75) is 30.0 Å². The summed E-state index contributed by atoms with van der Waals surface area (Å²) in [5.74, 6) is -0.276. The molecule has 0 spiro atoms. The van der Waals surface area contributed by atoms with Gasteiger partial charge in [0.1, 0.15) is 15.9 Å². The van der Waals surface area contributed by atoms with Gasteiger partial charge in [0.25, 0.3) is 15.9 Å². The van der Waals surface area contributed by atoms with Crippen molar-refractivity contribution in [1.29, 1.82) is 0 Å². The topological polar surface area (TPSA) is 123 Å². The molecule has 0 saturated carbocycles. The molecule has 1 amide bonds. The molecule has 0 radical (unpaired) electrons. The van der Waals surface area contributed by atoms with Crippen LogP contribution in [0.25, 0.3) is 11.6 Å². The van der Waals surface area contributed by atoms with Gasteiger partial charge in [-0.1, -0.05) is 11.2 Å². The smallest absolute Gasteiger partial charge is 0.322 e. The Hall–Kier alpha value is -2.57. The van der Waals surface area contributed by atoms with Crippen LogP contribution >= 0.6 is 11.3 Å². The molecule has 0 unspecified atom stereocenters. The lowest BCUT2D eigenvalue weighted by atomic mass is 10.2. The van der Waals surface area contributed by atoms with Crippen LogP contribution in [-0.2, 0) is 21.9 Å². The first kappa shape index (κ1) is 18.8. The summed E-state index contributed by atoms with van der Waals surface area (Å²) in [6.07, 6.45) is 1.03. The Balaban J connectivity index is 1.51. The summed E-state index contributed by atoms with van der Waals surface area (Å²) in [5, 5.41) is 16.2. The third kappa shape index (κ3) is 3.34. The molecular formula is C16H18N6O4S2. The summed E-state index contributed by atoms with van der Waals surface area (Å²) in [7, 11) is -1.96. The molecular weight excluding hydrogens is 404 g/mol. The van der Waals surface area contributed by atoms with Gasteiger partial charge in [-0.2, -0.15) is 9.40 Å². The van der Waals surface area contributed by atoms with Crippen LogP contribution in [0, 0.1) is 6.92 Å². The molecule has 0 aromatic carbocycles. The maximum atomic E-state index is 12.8. The number of nitrogens with one attached hydrogen (secondary N) is 1. The van der Waals surface area contributed by atoms with Gasteiger partial charge in [-0.15, -0.1) is 16.4 Å². The van der Waals surface area contributed by atoms with Crippen LogP contribution in [0.3, 0.4) is 0 Å². The highest BCUT2D eigenvalue weighted by Gasteiger charge is 2.40. The lowest BCUT2D eigenvalue weighted by Gasteiger charge is -2.21. The molecule has 0 aliphatic carbocycles. The van der Waals surface area contributed by atoms with Gasteiger partial charge in [0, 0.05) is 13.6 Å². The molecule has 1 saturated heterocycles. The Kier molecular flexibility index (Phi) is 4.77. The molecule has 148 valence electrons. The zero-order chi connectivity index (χ0) is 19.9. The number of nitrogens with zero attached hydrogens (tertiary/aromatic N) is 5. The second-order valence-electron chi connectivity index (χ2n) is 6.40. The van der Waals surface area contributed by atoms with Crippen molar-refractivity contribution in [1.82, 2.24) is 24.3 Å². The van der Waals surface area contributed by atoms with E-state index in [0.29, 0.717) is 25.1 Å². The van der Waals surface area contributed by atoms with Crippen molar-refractivity contribution in [3.63, 3.8) is 0 Å². The van der Waals surface area contributed by atoms with Gasteiger partial charge in [-0.05, 0) is 37.3 Å². The third-order valence-electron chi connectivity index (χ3n) is 4.44. The minimum Gasteiger partial charge on any atom is -0.401 e. The van der Waals surface area contributed by atoms with Crippen LogP contribution in [0.1, 0.15) is 18.5 Å². The van der Waals surface area contributed by atoms with Crippen molar-refractivity contribution < 1.29 is 17.6 Å². The Morgan fingerprint density at radius 2 is 2.21 bits per heavy atom. The van der Waals surface area contributed by atoms with Crippen molar-refractivity contribution in [2.75, 3.05) is 11.9 Å². The first-order valence-electron chi connectivity index (χ1n) is 8.57. The zero-order valence-corrected chi connectivity index (χ0v) is 16.8. The standard InChI is InChI=1S/C16H18N6O4S2/c1-10-9-12(21(2)20-10)15-18-19-16(26-15)17-14(23)11-5-3-7-22(11)28(24,25)13-6-4-8-27-13/h4,6,8-9,11H,3,5,7H2,1-2H3,(H,17,19,23)/t11-/m0/s1. The van der Waals surface area contributed by atoms with E-state index in [1.807, 2.05) is 6.92 Å². The van der Waals surface area contributed by atoms with E-state index in [9.17, 15) is 13.2 Å². The van der Waals surface area contributed by atoms with Gasteiger partial charge in [0.2, 0.25) is 5.91 Å². The number of carbonyl (C=O) groups is 1. The number of hydrogen-bond donors (Lipinski definition) is 1. The average molecular weight is 422 g/mol. The average Bonchev–Trinajstić information content (AvgIpc) is 3.42. The number of rotatable bonds is 5. The maximum Gasteiger partial charge on any atom is 0.322 e. The number of hydrogen-bond acceptors (Lipinski definition) is 8. The van der Waals surface area contributed by atoms with Gasteiger partial charge in [-0.25, -0.2) is 8.42 Å². The second kappa shape index (κ2) is 7.11. The van der Waals surface area contributed by atoms with E-state index < -0.39 is 22.0 Å². The molecule has 28 heavy (non-hydrogen) atoms. The summed E-state index contributed by atoms with van der Waals surface area (Å²) >= 11 is 1.13. The number of thiophene rings is 1. The van der Waals surface area contributed by atoms with E-state index in [1.165, 1.54) is 10.4 Å². The Morgan fingerprint density at radius 3 is 2.89 bits per heavy atom. The molecule has 3 aromatic rings. The molecule has 4 rings (SSSR count). The predicted molar refractivity (Wildman–Crippen MR) is 101 cm³/mol. The summed E-state index contributed by atoms with van der Waals surface area (Å²) < 4.78 is 34.1. The number of anilines is 1. The number of amides is 1. The van der Waals surface area contributed by atoms with Crippen LogP contribution in [0.5, 0.6) is 0 Å². The van der Waals surface area contributed by atoms with E-state index in [1.54, 1.807) is 29.2 Å². The first-order valence-corrected chi connectivity index (χ1v) is 10.9. The molecule has 1 aliphatic rings. The van der Waals surface area contributed by atoms with Gasteiger partial charge < -0.3 is 4.42 Å². The highest BCUT2D eigenvalue weighted by molar-refractivity contribution is 7.91. The predicted octanol–water partition coefficient (Wildman–Crippen LogP) is 1.63. The van der Waals surface area contributed by atoms with Crippen molar-refractivity contribution >= 4 is 33.3 Å². The second-order valence-corrected chi connectivity index (χ2v) is 9.47. The monoisotopic (exact) mass is 422 g/mol. The van der Waals surface area contributed by atoms with Gasteiger partial charge in [-0.3, -0.25) is 14.8 Å². The summed E-state index contributed by atoms with van der Waals surface area (Å²) in [6, 6.07) is 4.09. The van der Waals surface area contributed by atoms with E-state index in [0.717, 1.165) is 17.0 Å². The van der Waals surface area contributed by atoms with Gasteiger partial charge in [0.15, 0.2) is 0 Å². The number of carbonyl (C=O) groups excluding carboxylic acids is 1. The molecule has 10 nitrogen and oxygen atoms in total. The van der Waals surface area contributed by atoms with Crippen molar-refractivity contribution in [3.05, 3.63) is 29.3 Å². The van der Waals surface area contributed by atoms with Gasteiger partial charge >= 0.3 is 6.01 Å². The quantitative estimate of drug-likeness (QED) is 0.663. The maximum absolute atomic E-state index is 12.8. The lowest BCUT2D eigenvalue weighted by Crippen LogP contribution is -2.42. The van der Waals surface area contributed by atoms with Gasteiger partial charge in [0.05, 0.1) is 5.69 Å².